The molecule has 3 aromatic rings. The second-order valence-electron chi connectivity index (χ2n) is 6.34. The number of halogens is 1. The molecule has 2 heterocycles. The molecule has 4 rings (SSSR count). The molecule has 0 radical (unpaired) electrons. The molecule has 118 valence electrons. The van der Waals surface area contributed by atoms with Crippen molar-refractivity contribution in [3.05, 3.63) is 52.2 Å². The third-order valence-corrected chi connectivity index (χ3v) is 5.32. The van der Waals surface area contributed by atoms with Gasteiger partial charge in [0.05, 0.1) is 11.2 Å². The fraction of sp³-hybridized carbons (Fsp3) is 0.300. The number of hydrogen-bond acceptors (Lipinski definition) is 1. The molecule has 0 atom stereocenters. The quantitative estimate of drug-likeness (QED) is 0.652. The monoisotopic (exact) mass is 324 g/mol. The zero-order valence-electron chi connectivity index (χ0n) is 13.8. The zero-order valence-corrected chi connectivity index (χ0v) is 14.6. The average Bonchev–Trinajstić information content (AvgIpc) is 2.89. The summed E-state index contributed by atoms with van der Waals surface area (Å²) in [5.41, 5.74) is 9.44. The van der Waals surface area contributed by atoms with E-state index in [2.05, 4.69) is 48.9 Å². The van der Waals surface area contributed by atoms with Crippen LogP contribution in [0.25, 0.3) is 22.0 Å². The lowest BCUT2D eigenvalue weighted by molar-refractivity contribution is 0.719. The van der Waals surface area contributed by atoms with E-state index in [1.165, 1.54) is 44.5 Å². The third-order valence-electron chi connectivity index (χ3n) is 5.06. The van der Waals surface area contributed by atoms with Crippen molar-refractivity contribution in [2.24, 2.45) is 0 Å². The molecule has 1 N–H and O–H groups in total. The number of nitrogens with zero attached hydrogens (tertiary/aromatic N) is 1. The lowest BCUT2D eigenvalue weighted by Crippen LogP contribution is -2.19. The number of anilines is 1. The van der Waals surface area contributed by atoms with Crippen molar-refractivity contribution < 1.29 is 0 Å². The Hall–Kier alpha value is -1.93. The highest BCUT2D eigenvalue weighted by molar-refractivity contribution is 6.30. The van der Waals surface area contributed by atoms with Crippen LogP contribution >= 0.6 is 11.6 Å². The number of aryl methyl sites for hydroxylation is 1. The van der Waals surface area contributed by atoms with E-state index in [1.54, 1.807) is 0 Å². The van der Waals surface area contributed by atoms with Gasteiger partial charge >= 0.3 is 0 Å². The van der Waals surface area contributed by atoms with Crippen LogP contribution in [0.15, 0.2) is 30.3 Å². The van der Waals surface area contributed by atoms with E-state index in [9.17, 15) is 0 Å². The summed E-state index contributed by atoms with van der Waals surface area (Å²) in [6.07, 6.45) is 1.03. The second kappa shape index (κ2) is 5.31. The van der Waals surface area contributed by atoms with E-state index < -0.39 is 0 Å². The predicted octanol–water partition coefficient (Wildman–Crippen LogP) is 5.57. The molecule has 2 nitrogen and oxygen atoms in total. The van der Waals surface area contributed by atoms with Gasteiger partial charge in [-0.15, -0.1) is 0 Å². The van der Waals surface area contributed by atoms with Gasteiger partial charge in [0.2, 0.25) is 0 Å². The number of hydrogen-bond donors (Lipinski definition) is 1. The maximum Gasteiger partial charge on any atom is 0.0727 e. The predicted molar refractivity (Wildman–Crippen MR) is 99.7 cm³/mol. The molecule has 0 fully saturated rings. The summed E-state index contributed by atoms with van der Waals surface area (Å²) in [6, 6.07) is 10.6. The molecular weight excluding hydrogens is 304 g/mol. The number of benzene rings is 2. The summed E-state index contributed by atoms with van der Waals surface area (Å²) in [4.78, 5) is 0. The minimum Gasteiger partial charge on any atom is -0.381 e. The van der Waals surface area contributed by atoms with Crippen molar-refractivity contribution in [3.8, 4) is 11.1 Å². The van der Waals surface area contributed by atoms with Crippen molar-refractivity contribution in [2.75, 3.05) is 11.9 Å². The van der Waals surface area contributed by atoms with Crippen molar-refractivity contribution in [1.29, 1.82) is 0 Å². The first-order chi connectivity index (χ1) is 11.1. The van der Waals surface area contributed by atoms with E-state index >= 15 is 0 Å². The first-order valence-electron chi connectivity index (χ1n) is 8.27. The van der Waals surface area contributed by atoms with Gasteiger partial charge in [-0.1, -0.05) is 30.7 Å². The molecule has 0 bridgehead atoms. The van der Waals surface area contributed by atoms with E-state index in [-0.39, 0.29) is 0 Å². The second-order valence-corrected chi connectivity index (χ2v) is 6.78. The largest absolute Gasteiger partial charge is 0.381 e. The smallest absolute Gasteiger partial charge is 0.0727 e. The van der Waals surface area contributed by atoms with E-state index in [4.69, 9.17) is 11.6 Å². The Morgan fingerprint density at radius 3 is 2.61 bits per heavy atom. The minimum absolute atomic E-state index is 0.785. The molecule has 0 unspecified atom stereocenters. The van der Waals surface area contributed by atoms with Crippen molar-refractivity contribution in [1.82, 2.24) is 4.57 Å². The molecular formula is C20H21ClN2. The van der Waals surface area contributed by atoms with Gasteiger partial charge < -0.3 is 9.88 Å². The van der Waals surface area contributed by atoms with Crippen LogP contribution in [0.5, 0.6) is 0 Å². The van der Waals surface area contributed by atoms with Crippen LogP contribution in [0.1, 0.15) is 23.7 Å². The van der Waals surface area contributed by atoms with Gasteiger partial charge in [0.15, 0.2) is 0 Å². The van der Waals surface area contributed by atoms with Gasteiger partial charge in [-0.05, 0) is 60.7 Å². The fourth-order valence-electron chi connectivity index (χ4n) is 4.00. The molecule has 23 heavy (non-hydrogen) atoms. The first-order valence-corrected chi connectivity index (χ1v) is 8.64. The molecule has 0 amide bonds. The molecule has 0 saturated carbocycles. The van der Waals surface area contributed by atoms with E-state index in [0.29, 0.717) is 0 Å². The Bertz CT molecular complexity index is 904. The van der Waals surface area contributed by atoms with E-state index in [1.807, 2.05) is 12.1 Å². The Kier molecular flexibility index (Phi) is 3.38. The first kappa shape index (κ1) is 14.6. The highest BCUT2D eigenvalue weighted by atomic mass is 35.5. The number of aromatic nitrogens is 1. The summed E-state index contributed by atoms with van der Waals surface area (Å²) in [6.45, 7) is 8.74. The SMILES string of the molecule is CCc1c(C)c2c3c(cc(C)n3CCN2)c1-c1ccc(Cl)cc1. The summed E-state index contributed by atoms with van der Waals surface area (Å²) in [5.74, 6) is 0. The molecule has 3 heteroatoms. The maximum atomic E-state index is 6.09. The molecule has 1 aromatic heterocycles. The topological polar surface area (TPSA) is 17.0 Å². The van der Waals surface area contributed by atoms with Gasteiger partial charge in [0.25, 0.3) is 0 Å². The molecule has 1 aliphatic heterocycles. The normalized spacial score (nSPS) is 13.4. The third kappa shape index (κ3) is 2.08. The Labute approximate surface area is 142 Å². The van der Waals surface area contributed by atoms with Crippen LogP contribution in [0, 0.1) is 13.8 Å². The fourth-order valence-corrected chi connectivity index (χ4v) is 4.13. The van der Waals surface area contributed by atoms with Crippen LogP contribution in [0.3, 0.4) is 0 Å². The van der Waals surface area contributed by atoms with Crippen LogP contribution in [-0.2, 0) is 13.0 Å². The zero-order chi connectivity index (χ0) is 16.1. The molecule has 2 aromatic carbocycles. The molecule has 0 saturated heterocycles. The average molecular weight is 325 g/mol. The number of nitrogens with one attached hydrogen (secondary N) is 1. The Balaban J connectivity index is 2.15. The lowest BCUT2D eigenvalue weighted by Gasteiger charge is -2.25. The summed E-state index contributed by atoms with van der Waals surface area (Å²) in [7, 11) is 0. The number of rotatable bonds is 2. The van der Waals surface area contributed by atoms with Crippen LogP contribution in [-0.4, -0.2) is 11.1 Å². The van der Waals surface area contributed by atoms with Crippen LogP contribution in [0.4, 0.5) is 5.69 Å². The highest BCUT2D eigenvalue weighted by Gasteiger charge is 2.23. The molecule has 1 aliphatic rings. The Morgan fingerprint density at radius 1 is 1.17 bits per heavy atom. The Morgan fingerprint density at radius 2 is 1.91 bits per heavy atom. The van der Waals surface area contributed by atoms with Gasteiger partial charge in [-0.3, -0.25) is 0 Å². The standard InChI is InChI=1S/C20H21ClN2/c1-4-16-13(3)19-20-17(11-12(2)23(20)10-9-22-19)18(16)14-5-7-15(21)8-6-14/h5-8,11,22H,4,9-10H2,1-3H3. The molecule has 0 aliphatic carbocycles. The van der Waals surface area contributed by atoms with Crippen molar-refractivity contribution >= 4 is 28.2 Å². The maximum absolute atomic E-state index is 6.09. The summed E-state index contributed by atoms with van der Waals surface area (Å²) >= 11 is 6.09. The lowest BCUT2D eigenvalue weighted by atomic mass is 9.89. The van der Waals surface area contributed by atoms with Crippen LogP contribution < -0.4 is 5.32 Å². The molecule has 0 spiro atoms. The van der Waals surface area contributed by atoms with Gasteiger partial charge in [0, 0.05) is 29.2 Å². The van der Waals surface area contributed by atoms with Gasteiger partial charge in [0.1, 0.15) is 0 Å². The van der Waals surface area contributed by atoms with Crippen molar-refractivity contribution in [3.63, 3.8) is 0 Å². The summed E-state index contributed by atoms with van der Waals surface area (Å²) in [5, 5.41) is 5.77. The minimum atomic E-state index is 0.785. The van der Waals surface area contributed by atoms with Gasteiger partial charge in [-0.2, -0.15) is 0 Å². The summed E-state index contributed by atoms with van der Waals surface area (Å²) < 4.78 is 2.45. The van der Waals surface area contributed by atoms with Gasteiger partial charge in [-0.25, -0.2) is 0 Å². The van der Waals surface area contributed by atoms with Crippen LogP contribution in [0.2, 0.25) is 5.02 Å². The highest BCUT2D eigenvalue weighted by Crippen LogP contribution is 2.43. The van der Waals surface area contributed by atoms with E-state index in [0.717, 1.165) is 24.5 Å². The van der Waals surface area contributed by atoms with Crippen molar-refractivity contribution in [2.45, 2.75) is 33.7 Å².